The molecule has 0 N–H and O–H groups in total. The van der Waals surface area contributed by atoms with E-state index in [0.717, 1.165) is 70.0 Å². The molecule has 0 unspecified atom stereocenters. The zero-order valence-electron chi connectivity index (χ0n) is 15.3. The molecule has 2 aliphatic rings. The Morgan fingerprint density at radius 3 is 2.80 bits per heavy atom. The minimum Gasteiger partial charge on any atom is -0.484 e. The van der Waals surface area contributed by atoms with Crippen LogP contribution in [0.5, 0.6) is 5.75 Å². The fraction of sp³-hybridized carbons (Fsp3) is 0.650. The van der Waals surface area contributed by atoms with Gasteiger partial charge in [-0.05, 0) is 44.2 Å². The molecule has 3 rings (SSSR count). The molecule has 0 spiro atoms. The molecule has 0 radical (unpaired) electrons. The molecule has 2 aliphatic heterocycles. The van der Waals surface area contributed by atoms with E-state index in [1.165, 1.54) is 6.42 Å². The third-order valence-corrected chi connectivity index (χ3v) is 5.27. The van der Waals surface area contributed by atoms with Crippen molar-refractivity contribution in [2.75, 3.05) is 46.0 Å². The minimum absolute atomic E-state index is 0.120. The maximum atomic E-state index is 12.7. The number of likely N-dealkylation sites (tertiary alicyclic amines) is 1. The van der Waals surface area contributed by atoms with Crippen LogP contribution in [-0.4, -0.2) is 67.7 Å². The number of para-hydroxylation sites is 1. The summed E-state index contributed by atoms with van der Waals surface area (Å²) in [6.45, 7) is 7.74. The Morgan fingerprint density at radius 2 is 2.00 bits per heavy atom. The molecule has 1 amide bonds. The summed E-state index contributed by atoms with van der Waals surface area (Å²) in [6.07, 6.45) is 4.48. The van der Waals surface area contributed by atoms with Crippen LogP contribution in [0.25, 0.3) is 0 Å². The third-order valence-electron chi connectivity index (χ3n) is 5.27. The van der Waals surface area contributed by atoms with Crippen molar-refractivity contribution < 1.29 is 14.3 Å². The van der Waals surface area contributed by atoms with Crippen molar-refractivity contribution in [2.45, 2.75) is 38.6 Å². The van der Waals surface area contributed by atoms with E-state index in [4.69, 9.17) is 9.47 Å². The Bertz CT molecular complexity index is 558. The predicted molar refractivity (Wildman–Crippen MR) is 97.9 cm³/mol. The molecule has 0 aromatic heterocycles. The number of hydrogen-bond donors (Lipinski definition) is 0. The molecule has 0 saturated carbocycles. The molecule has 5 heteroatoms. The number of nitrogens with zero attached hydrogens (tertiary/aromatic N) is 2. The predicted octanol–water partition coefficient (Wildman–Crippen LogP) is 2.48. The van der Waals surface area contributed by atoms with Gasteiger partial charge in [0.25, 0.3) is 5.91 Å². The molecule has 1 aromatic rings. The zero-order valence-corrected chi connectivity index (χ0v) is 15.3. The second-order valence-electron chi connectivity index (χ2n) is 7.03. The number of carbonyl (C=O) groups excluding carboxylic acids is 1. The van der Waals surface area contributed by atoms with E-state index >= 15 is 0 Å². The van der Waals surface area contributed by atoms with Gasteiger partial charge < -0.3 is 14.4 Å². The van der Waals surface area contributed by atoms with E-state index in [9.17, 15) is 4.79 Å². The van der Waals surface area contributed by atoms with Crippen LogP contribution >= 0.6 is 0 Å². The van der Waals surface area contributed by atoms with Gasteiger partial charge in [-0.15, -0.1) is 0 Å². The van der Waals surface area contributed by atoms with Crippen molar-refractivity contribution in [2.24, 2.45) is 0 Å². The molecule has 5 nitrogen and oxygen atoms in total. The number of aryl methyl sites for hydroxylation is 1. The molecular weight excluding hydrogens is 316 g/mol. The van der Waals surface area contributed by atoms with Gasteiger partial charge in [0.2, 0.25) is 0 Å². The molecule has 2 saturated heterocycles. The van der Waals surface area contributed by atoms with Crippen molar-refractivity contribution in [3.05, 3.63) is 29.8 Å². The van der Waals surface area contributed by atoms with Gasteiger partial charge in [-0.25, -0.2) is 0 Å². The monoisotopic (exact) mass is 346 g/mol. The maximum absolute atomic E-state index is 12.7. The number of carbonyl (C=O) groups is 1. The number of benzene rings is 1. The first-order chi connectivity index (χ1) is 12.2. The lowest BCUT2D eigenvalue weighted by molar-refractivity contribution is -0.137. The number of ether oxygens (including phenoxy) is 2. The molecular formula is C20H30N2O3. The maximum Gasteiger partial charge on any atom is 0.260 e. The van der Waals surface area contributed by atoms with E-state index in [-0.39, 0.29) is 12.5 Å². The van der Waals surface area contributed by atoms with Crippen LogP contribution in [0.1, 0.15) is 31.2 Å². The summed E-state index contributed by atoms with van der Waals surface area (Å²) in [5, 5.41) is 0. The number of hydrogen-bond acceptors (Lipinski definition) is 4. The van der Waals surface area contributed by atoms with E-state index in [1.54, 1.807) is 0 Å². The summed E-state index contributed by atoms with van der Waals surface area (Å²) in [5.74, 6) is 0.924. The van der Waals surface area contributed by atoms with Crippen LogP contribution < -0.4 is 4.74 Å². The summed E-state index contributed by atoms with van der Waals surface area (Å²) >= 11 is 0. The van der Waals surface area contributed by atoms with Crippen molar-refractivity contribution in [1.82, 2.24) is 9.80 Å². The average molecular weight is 346 g/mol. The Kier molecular flexibility index (Phi) is 6.70. The van der Waals surface area contributed by atoms with Crippen molar-refractivity contribution in [1.29, 1.82) is 0 Å². The van der Waals surface area contributed by atoms with Gasteiger partial charge in [0.05, 0.1) is 13.2 Å². The van der Waals surface area contributed by atoms with E-state index in [0.29, 0.717) is 6.04 Å². The lowest BCUT2D eigenvalue weighted by Gasteiger charge is -2.37. The van der Waals surface area contributed by atoms with Gasteiger partial charge in [-0.2, -0.15) is 0 Å². The van der Waals surface area contributed by atoms with Crippen LogP contribution in [-0.2, 0) is 9.53 Å². The fourth-order valence-electron chi connectivity index (χ4n) is 3.73. The number of rotatable bonds is 6. The number of piperidine rings is 1. The minimum atomic E-state index is 0.120. The van der Waals surface area contributed by atoms with Crippen LogP contribution in [0.15, 0.2) is 24.3 Å². The normalized spacial score (nSPS) is 22.0. The average Bonchev–Trinajstić information content (AvgIpc) is 2.66. The first-order valence-corrected chi connectivity index (χ1v) is 9.52. The Labute approximate surface area is 150 Å². The first-order valence-electron chi connectivity index (χ1n) is 9.52. The van der Waals surface area contributed by atoms with Crippen LogP contribution in [0, 0.1) is 6.92 Å². The number of morpholine rings is 1. The van der Waals surface area contributed by atoms with E-state index in [2.05, 4.69) is 9.80 Å². The lowest BCUT2D eigenvalue weighted by Crippen LogP contribution is -2.47. The van der Waals surface area contributed by atoms with Crippen LogP contribution in [0.3, 0.4) is 0 Å². The highest BCUT2D eigenvalue weighted by Gasteiger charge is 2.27. The Morgan fingerprint density at radius 1 is 1.20 bits per heavy atom. The quantitative estimate of drug-likeness (QED) is 0.794. The summed E-state index contributed by atoms with van der Waals surface area (Å²) in [7, 11) is 0. The van der Waals surface area contributed by atoms with Gasteiger partial charge in [0.1, 0.15) is 5.75 Å². The van der Waals surface area contributed by atoms with Gasteiger partial charge >= 0.3 is 0 Å². The summed E-state index contributed by atoms with van der Waals surface area (Å²) in [5.41, 5.74) is 1.07. The summed E-state index contributed by atoms with van der Waals surface area (Å²) < 4.78 is 11.2. The van der Waals surface area contributed by atoms with Crippen LogP contribution in [0.4, 0.5) is 0 Å². The van der Waals surface area contributed by atoms with Crippen molar-refractivity contribution >= 4 is 5.91 Å². The largest absolute Gasteiger partial charge is 0.484 e. The zero-order chi connectivity index (χ0) is 17.5. The molecule has 2 fully saturated rings. The van der Waals surface area contributed by atoms with Crippen molar-refractivity contribution in [3.8, 4) is 5.75 Å². The second kappa shape index (κ2) is 9.20. The molecule has 1 atom stereocenters. The summed E-state index contributed by atoms with van der Waals surface area (Å²) in [4.78, 5) is 17.2. The molecule has 2 heterocycles. The van der Waals surface area contributed by atoms with Gasteiger partial charge in [0, 0.05) is 32.2 Å². The second-order valence-corrected chi connectivity index (χ2v) is 7.03. The standard InChI is InChI=1S/C20H30N2O3/c1-17-6-2-3-8-19(17)25-16-20(23)22-10-5-4-7-18(22)9-11-21-12-14-24-15-13-21/h2-3,6,8,18H,4-5,7,9-16H2,1H3/t18-/m0/s1. The molecule has 0 bridgehead atoms. The van der Waals surface area contributed by atoms with Crippen molar-refractivity contribution in [3.63, 3.8) is 0 Å². The first kappa shape index (κ1) is 18.2. The van der Waals surface area contributed by atoms with Crippen LogP contribution in [0.2, 0.25) is 0 Å². The number of amides is 1. The van der Waals surface area contributed by atoms with Gasteiger partial charge in [-0.1, -0.05) is 18.2 Å². The summed E-state index contributed by atoms with van der Waals surface area (Å²) in [6, 6.07) is 8.21. The lowest BCUT2D eigenvalue weighted by atomic mass is 9.99. The Balaban J connectivity index is 1.50. The highest BCUT2D eigenvalue weighted by Crippen LogP contribution is 2.21. The van der Waals surface area contributed by atoms with E-state index < -0.39 is 0 Å². The Hall–Kier alpha value is -1.59. The van der Waals surface area contributed by atoms with Gasteiger partial charge in [0.15, 0.2) is 6.61 Å². The highest BCUT2D eigenvalue weighted by atomic mass is 16.5. The van der Waals surface area contributed by atoms with Gasteiger partial charge in [-0.3, -0.25) is 9.69 Å². The highest BCUT2D eigenvalue weighted by molar-refractivity contribution is 5.78. The third kappa shape index (κ3) is 5.19. The smallest absolute Gasteiger partial charge is 0.260 e. The van der Waals surface area contributed by atoms with E-state index in [1.807, 2.05) is 31.2 Å². The molecule has 25 heavy (non-hydrogen) atoms. The fourth-order valence-corrected chi connectivity index (χ4v) is 3.73. The molecule has 1 aromatic carbocycles. The molecule has 138 valence electrons. The topological polar surface area (TPSA) is 42.0 Å². The SMILES string of the molecule is Cc1ccccc1OCC(=O)N1CCCC[C@H]1CCN1CCOCC1. The molecule has 0 aliphatic carbocycles.